The molecule has 2 aliphatic heterocycles. The number of carbonyl (C=O) groups is 2. The van der Waals surface area contributed by atoms with Crippen LogP contribution in [0.15, 0.2) is 27.5 Å². The second kappa shape index (κ2) is 12.7. The van der Waals surface area contributed by atoms with Crippen molar-refractivity contribution >= 4 is 22.9 Å². The largest absolute Gasteiger partial charge is 0.481 e. The third-order valence-corrected chi connectivity index (χ3v) is 7.42. The summed E-state index contributed by atoms with van der Waals surface area (Å²) in [6, 6.07) is 4.58. The Bertz CT molecular complexity index is 1430. The highest BCUT2D eigenvalue weighted by atomic mass is 19.1. The van der Waals surface area contributed by atoms with E-state index >= 15 is 0 Å². The van der Waals surface area contributed by atoms with E-state index in [0.29, 0.717) is 36.7 Å². The lowest BCUT2D eigenvalue weighted by atomic mass is 9.91. The molecule has 3 aromatic rings. The highest BCUT2D eigenvalue weighted by Crippen LogP contribution is 2.33. The predicted molar refractivity (Wildman–Crippen MR) is 139 cm³/mol. The number of piperidine rings is 1. The molecule has 1 fully saturated rings. The zero-order chi connectivity index (χ0) is 29.0. The SMILES string of the molecule is Cc1nc2n(c(=O)c1CCN1CCC(c3noc4cc(F)ccc34)CC1)CCCC2O.O=C(O)CC(O)C(=O)O. The van der Waals surface area contributed by atoms with E-state index in [9.17, 15) is 23.9 Å². The molecular weight excluding hydrogens is 527 g/mol. The Kier molecular flexibility index (Phi) is 9.28. The molecule has 13 heteroatoms. The van der Waals surface area contributed by atoms with Gasteiger partial charge in [-0.05, 0) is 64.3 Å². The van der Waals surface area contributed by atoms with Crippen LogP contribution < -0.4 is 5.56 Å². The molecule has 216 valence electrons. The second-order valence-corrected chi connectivity index (χ2v) is 10.2. The average molecular weight is 561 g/mol. The van der Waals surface area contributed by atoms with Gasteiger partial charge >= 0.3 is 11.9 Å². The number of benzene rings is 1. The van der Waals surface area contributed by atoms with Crippen molar-refractivity contribution in [2.45, 2.75) is 70.1 Å². The number of halogens is 1. The number of likely N-dealkylation sites (tertiary alicyclic amines) is 1. The van der Waals surface area contributed by atoms with Gasteiger partial charge < -0.3 is 29.8 Å². The number of aliphatic hydroxyl groups is 2. The number of aromatic nitrogens is 3. The van der Waals surface area contributed by atoms with Crippen LogP contribution in [0.2, 0.25) is 0 Å². The van der Waals surface area contributed by atoms with Crippen LogP contribution in [0, 0.1) is 12.7 Å². The van der Waals surface area contributed by atoms with Gasteiger partial charge in [0.05, 0.1) is 12.1 Å². The third kappa shape index (κ3) is 6.72. The van der Waals surface area contributed by atoms with Crippen molar-refractivity contribution in [2.24, 2.45) is 0 Å². The van der Waals surface area contributed by atoms with E-state index in [0.717, 1.165) is 61.2 Å². The molecule has 0 radical (unpaired) electrons. The molecule has 2 aliphatic rings. The maximum atomic E-state index is 13.4. The number of nitrogens with zero attached hydrogens (tertiary/aromatic N) is 4. The molecule has 0 saturated carbocycles. The molecule has 0 spiro atoms. The van der Waals surface area contributed by atoms with Gasteiger partial charge in [0.1, 0.15) is 17.7 Å². The van der Waals surface area contributed by atoms with Crippen molar-refractivity contribution in [2.75, 3.05) is 19.6 Å². The number of carboxylic acid groups (broad SMARTS) is 2. The van der Waals surface area contributed by atoms with Crippen molar-refractivity contribution in [3.8, 4) is 0 Å². The third-order valence-electron chi connectivity index (χ3n) is 7.42. The van der Waals surface area contributed by atoms with Crippen molar-refractivity contribution in [3.63, 3.8) is 0 Å². The summed E-state index contributed by atoms with van der Waals surface area (Å²) in [6.45, 7) is 5.13. The van der Waals surface area contributed by atoms with E-state index in [1.54, 1.807) is 10.6 Å². The Hall–Kier alpha value is -3.68. The Balaban J connectivity index is 0.000000357. The Morgan fingerprint density at radius 3 is 2.55 bits per heavy atom. The Morgan fingerprint density at radius 2 is 1.90 bits per heavy atom. The molecule has 1 saturated heterocycles. The summed E-state index contributed by atoms with van der Waals surface area (Å²) >= 11 is 0. The van der Waals surface area contributed by atoms with Gasteiger partial charge in [0.25, 0.3) is 5.56 Å². The number of fused-ring (bicyclic) bond motifs is 2. The molecule has 40 heavy (non-hydrogen) atoms. The van der Waals surface area contributed by atoms with Gasteiger partial charge in [0, 0.05) is 41.7 Å². The minimum atomic E-state index is -1.79. The fourth-order valence-electron chi connectivity index (χ4n) is 5.23. The number of aliphatic hydroxyl groups excluding tert-OH is 2. The van der Waals surface area contributed by atoms with Crippen molar-refractivity contribution < 1.29 is 38.9 Å². The summed E-state index contributed by atoms with van der Waals surface area (Å²) in [4.78, 5) is 39.3. The molecule has 5 rings (SSSR count). The maximum Gasteiger partial charge on any atom is 0.333 e. The predicted octanol–water partition coefficient (Wildman–Crippen LogP) is 1.99. The average Bonchev–Trinajstić information content (AvgIpc) is 3.32. The molecule has 0 aliphatic carbocycles. The Morgan fingerprint density at radius 1 is 1.18 bits per heavy atom. The molecule has 1 aromatic carbocycles. The van der Waals surface area contributed by atoms with E-state index in [1.165, 1.54) is 12.1 Å². The molecule has 4 N–H and O–H groups in total. The van der Waals surface area contributed by atoms with E-state index in [4.69, 9.17) is 19.8 Å². The number of carboxylic acids is 2. The van der Waals surface area contributed by atoms with Gasteiger partial charge in [-0.15, -0.1) is 0 Å². The highest BCUT2D eigenvalue weighted by Gasteiger charge is 2.27. The van der Waals surface area contributed by atoms with E-state index < -0.39 is 30.6 Å². The van der Waals surface area contributed by atoms with Gasteiger partial charge in [-0.25, -0.2) is 14.2 Å². The number of rotatable bonds is 7. The van der Waals surface area contributed by atoms with E-state index in [1.807, 2.05) is 6.92 Å². The maximum absolute atomic E-state index is 13.4. The van der Waals surface area contributed by atoms with Gasteiger partial charge in [-0.1, -0.05) is 5.16 Å². The number of hydrogen-bond donors (Lipinski definition) is 4. The molecule has 0 amide bonds. The first-order chi connectivity index (χ1) is 19.0. The lowest BCUT2D eigenvalue weighted by Gasteiger charge is -2.31. The van der Waals surface area contributed by atoms with Crippen LogP contribution in [0.4, 0.5) is 4.39 Å². The highest BCUT2D eigenvalue weighted by molar-refractivity contribution is 5.80. The second-order valence-electron chi connectivity index (χ2n) is 10.2. The summed E-state index contributed by atoms with van der Waals surface area (Å²) in [6.07, 6.45) is 0.836. The molecule has 2 aromatic heterocycles. The van der Waals surface area contributed by atoms with Gasteiger partial charge in [0.2, 0.25) is 0 Å². The summed E-state index contributed by atoms with van der Waals surface area (Å²) in [5.74, 6) is -2.36. The van der Waals surface area contributed by atoms with Crippen LogP contribution >= 0.6 is 0 Å². The normalized spacial score (nSPS) is 18.6. The zero-order valence-electron chi connectivity index (χ0n) is 22.1. The lowest BCUT2D eigenvalue weighted by Crippen LogP contribution is -2.37. The number of aliphatic carboxylic acids is 2. The van der Waals surface area contributed by atoms with Gasteiger partial charge in [0.15, 0.2) is 11.7 Å². The summed E-state index contributed by atoms with van der Waals surface area (Å²) in [7, 11) is 0. The molecule has 2 unspecified atom stereocenters. The minimum absolute atomic E-state index is 0.00237. The van der Waals surface area contributed by atoms with Crippen LogP contribution in [-0.4, -0.2) is 77.7 Å². The van der Waals surface area contributed by atoms with Crippen LogP contribution in [0.25, 0.3) is 11.0 Å². The van der Waals surface area contributed by atoms with Crippen molar-refractivity contribution in [1.29, 1.82) is 0 Å². The topological polar surface area (TPSA) is 179 Å². The lowest BCUT2D eigenvalue weighted by molar-refractivity contribution is -0.152. The fraction of sp³-hybridized carbons (Fsp3) is 0.519. The van der Waals surface area contributed by atoms with Crippen LogP contribution in [-0.2, 0) is 22.6 Å². The van der Waals surface area contributed by atoms with Crippen LogP contribution in [0.1, 0.15) is 66.9 Å². The molecule has 2 atom stereocenters. The van der Waals surface area contributed by atoms with Crippen LogP contribution in [0.5, 0.6) is 0 Å². The molecule has 0 bridgehead atoms. The first kappa shape index (κ1) is 29.3. The summed E-state index contributed by atoms with van der Waals surface area (Å²) in [5, 5.41) is 39.4. The summed E-state index contributed by atoms with van der Waals surface area (Å²) in [5.41, 5.74) is 2.90. The molecule has 12 nitrogen and oxygen atoms in total. The van der Waals surface area contributed by atoms with Crippen molar-refractivity contribution in [1.82, 2.24) is 19.6 Å². The van der Waals surface area contributed by atoms with Crippen LogP contribution in [0.3, 0.4) is 0 Å². The standard InChI is InChI=1S/C23H27FN4O3.C4H6O5/c1-14-17(23(30)28-9-2-3-19(29)22(28)25-14)8-12-27-10-6-15(7-11-27)21-18-5-4-16(24)13-20(18)31-26-21;5-2(4(8)9)1-3(6)7/h4-5,13,15,19,29H,2-3,6-12H2,1H3;2,5H,1H2,(H,6,7)(H,8,9). The Labute approximate surface area is 228 Å². The first-order valence-corrected chi connectivity index (χ1v) is 13.2. The van der Waals surface area contributed by atoms with Crippen molar-refractivity contribution in [3.05, 3.63) is 57.1 Å². The minimum Gasteiger partial charge on any atom is -0.481 e. The number of aryl methyl sites for hydroxylation is 1. The fourth-order valence-corrected chi connectivity index (χ4v) is 5.23. The first-order valence-electron chi connectivity index (χ1n) is 13.2. The zero-order valence-corrected chi connectivity index (χ0v) is 22.1. The molecule has 4 heterocycles. The monoisotopic (exact) mass is 560 g/mol. The van der Waals surface area contributed by atoms with Gasteiger partial charge in [-0.2, -0.15) is 0 Å². The van der Waals surface area contributed by atoms with E-state index in [2.05, 4.69) is 15.0 Å². The van der Waals surface area contributed by atoms with Gasteiger partial charge in [-0.3, -0.25) is 14.2 Å². The number of hydrogen-bond acceptors (Lipinski definition) is 9. The smallest absolute Gasteiger partial charge is 0.333 e. The quantitative estimate of drug-likeness (QED) is 0.332. The molecular formula is C27H33FN4O8. The van der Waals surface area contributed by atoms with E-state index in [-0.39, 0.29) is 11.4 Å². The summed E-state index contributed by atoms with van der Waals surface area (Å²) < 4.78 is 20.4.